The third-order valence-corrected chi connectivity index (χ3v) is 5.65. The van der Waals surface area contributed by atoms with Crippen LogP contribution in [-0.4, -0.2) is 48.5 Å². The van der Waals surface area contributed by atoms with Crippen molar-refractivity contribution in [1.82, 2.24) is 19.5 Å². The smallest absolute Gasteiger partial charge is 0.280 e. The van der Waals surface area contributed by atoms with E-state index in [1.165, 1.54) is 6.33 Å². The zero-order valence-electron chi connectivity index (χ0n) is 16.2. The number of benzene rings is 1. The number of nitrogens with two attached hydrogens (primary N) is 1. The lowest BCUT2D eigenvalue weighted by atomic mass is 9.82. The SMILES string of the molecule is CCCC[C@@H]1[C@H](O)[C@@H](CO)O[C@@]1(c1ccccc1)n1cnc2c(=O)[nH]c(N)nc21. The molecular weight excluding hydrogens is 374 g/mol. The van der Waals surface area contributed by atoms with Gasteiger partial charge in [0.1, 0.15) is 6.10 Å². The summed E-state index contributed by atoms with van der Waals surface area (Å²) in [5.74, 6) is -0.420. The molecule has 9 nitrogen and oxygen atoms in total. The van der Waals surface area contributed by atoms with Gasteiger partial charge in [-0.2, -0.15) is 4.98 Å². The summed E-state index contributed by atoms with van der Waals surface area (Å²) in [7, 11) is 0. The van der Waals surface area contributed by atoms with Crippen molar-refractivity contribution >= 4 is 17.1 Å². The van der Waals surface area contributed by atoms with Crippen molar-refractivity contribution < 1.29 is 14.9 Å². The molecule has 0 unspecified atom stereocenters. The van der Waals surface area contributed by atoms with Gasteiger partial charge in [-0.25, -0.2) is 4.98 Å². The average molecular weight is 399 g/mol. The Kier molecular flexibility index (Phi) is 5.12. The highest BCUT2D eigenvalue weighted by Crippen LogP contribution is 2.48. The van der Waals surface area contributed by atoms with Crippen molar-refractivity contribution in [2.75, 3.05) is 12.3 Å². The molecule has 5 N–H and O–H groups in total. The van der Waals surface area contributed by atoms with Crippen molar-refractivity contribution in [2.45, 2.75) is 44.1 Å². The van der Waals surface area contributed by atoms with E-state index in [1.54, 1.807) is 4.57 Å². The quantitative estimate of drug-likeness (QED) is 0.484. The molecule has 154 valence electrons. The van der Waals surface area contributed by atoms with Crippen LogP contribution in [0.5, 0.6) is 0 Å². The van der Waals surface area contributed by atoms with Crippen molar-refractivity contribution in [3.05, 3.63) is 52.6 Å². The summed E-state index contributed by atoms with van der Waals surface area (Å²) in [6.07, 6.45) is 2.26. The average Bonchev–Trinajstić information content (AvgIpc) is 3.27. The van der Waals surface area contributed by atoms with Crippen LogP contribution in [0.15, 0.2) is 41.5 Å². The molecule has 1 fully saturated rings. The fourth-order valence-corrected chi connectivity index (χ4v) is 4.32. The van der Waals surface area contributed by atoms with Crippen LogP contribution in [0.4, 0.5) is 5.95 Å². The summed E-state index contributed by atoms with van der Waals surface area (Å²) < 4.78 is 8.04. The van der Waals surface area contributed by atoms with Gasteiger partial charge in [0.25, 0.3) is 5.56 Å². The Hall–Kier alpha value is -2.75. The Balaban J connectivity index is 2.01. The Morgan fingerprint density at radius 2 is 2.10 bits per heavy atom. The predicted molar refractivity (Wildman–Crippen MR) is 107 cm³/mol. The van der Waals surface area contributed by atoms with Crippen LogP contribution < -0.4 is 11.3 Å². The number of unbranched alkanes of at least 4 members (excludes halogenated alkanes) is 1. The first-order valence-corrected chi connectivity index (χ1v) is 9.78. The standard InChI is InChI=1S/C20H25N5O4/c1-2-3-9-13-16(27)14(10-26)29-20(13,12-7-5-4-6-8-12)25-11-22-15-17(25)23-19(21)24-18(15)28/h4-8,11,13-14,16,26-27H,2-3,9-10H2,1H3,(H3,21,23,24,28)/t13-,14-,16+,20-/m1/s1. The number of imidazole rings is 1. The Labute approximate surface area is 167 Å². The lowest BCUT2D eigenvalue weighted by Gasteiger charge is -2.37. The van der Waals surface area contributed by atoms with Gasteiger partial charge in [0, 0.05) is 11.5 Å². The zero-order valence-corrected chi connectivity index (χ0v) is 16.2. The second-order valence-corrected chi connectivity index (χ2v) is 7.38. The molecule has 1 aromatic carbocycles. The number of nitrogens with zero attached hydrogens (tertiary/aromatic N) is 3. The summed E-state index contributed by atoms with van der Waals surface area (Å²) in [4.78, 5) is 23.3. The van der Waals surface area contributed by atoms with Gasteiger partial charge in [0.2, 0.25) is 5.95 Å². The van der Waals surface area contributed by atoms with Crippen LogP contribution in [-0.2, 0) is 10.5 Å². The van der Waals surface area contributed by atoms with Gasteiger partial charge in [0.05, 0.1) is 19.0 Å². The zero-order chi connectivity index (χ0) is 20.6. The van der Waals surface area contributed by atoms with Gasteiger partial charge in [0.15, 0.2) is 16.9 Å². The van der Waals surface area contributed by atoms with E-state index in [2.05, 4.69) is 21.9 Å². The van der Waals surface area contributed by atoms with Crippen molar-refractivity contribution in [3.63, 3.8) is 0 Å². The molecule has 3 heterocycles. The summed E-state index contributed by atoms with van der Waals surface area (Å²) >= 11 is 0. The summed E-state index contributed by atoms with van der Waals surface area (Å²) in [6.45, 7) is 1.74. The number of H-pyrrole nitrogens is 1. The fourth-order valence-electron chi connectivity index (χ4n) is 4.32. The van der Waals surface area contributed by atoms with Gasteiger partial charge in [-0.15, -0.1) is 0 Å². The van der Waals surface area contributed by atoms with E-state index in [0.29, 0.717) is 6.42 Å². The molecule has 0 saturated carbocycles. The third-order valence-electron chi connectivity index (χ3n) is 5.65. The summed E-state index contributed by atoms with van der Waals surface area (Å²) in [6, 6.07) is 9.44. The number of aliphatic hydroxyl groups is 2. The predicted octanol–water partition coefficient (Wildman–Crippen LogP) is 0.961. The Morgan fingerprint density at radius 1 is 1.34 bits per heavy atom. The molecule has 0 aliphatic carbocycles. The highest BCUT2D eigenvalue weighted by atomic mass is 16.6. The lowest BCUT2D eigenvalue weighted by molar-refractivity contribution is -0.100. The Bertz CT molecular complexity index is 1050. The molecule has 3 aromatic rings. The van der Waals surface area contributed by atoms with Crippen molar-refractivity contribution in [1.29, 1.82) is 0 Å². The highest BCUT2D eigenvalue weighted by molar-refractivity contribution is 5.71. The van der Waals surface area contributed by atoms with Crippen molar-refractivity contribution in [2.24, 2.45) is 5.92 Å². The number of nitrogen functional groups attached to an aromatic ring is 1. The number of hydrogen-bond donors (Lipinski definition) is 4. The van der Waals surface area contributed by atoms with Crippen LogP contribution in [0.1, 0.15) is 31.7 Å². The molecule has 29 heavy (non-hydrogen) atoms. The monoisotopic (exact) mass is 399 g/mol. The normalized spacial score (nSPS) is 26.9. The molecule has 9 heteroatoms. The van der Waals surface area contributed by atoms with Crippen LogP contribution in [0.3, 0.4) is 0 Å². The number of nitrogens with one attached hydrogen (secondary N) is 1. The van der Waals surface area contributed by atoms with Crippen LogP contribution in [0.25, 0.3) is 11.2 Å². The minimum Gasteiger partial charge on any atom is -0.394 e. The molecule has 0 amide bonds. The van der Waals surface area contributed by atoms with Crippen molar-refractivity contribution in [3.8, 4) is 0 Å². The van der Waals surface area contributed by atoms with Crippen LogP contribution in [0.2, 0.25) is 0 Å². The molecule has 0 bridgehead atoms. The van der Waals surface area contributed by atoms with Crippen LogP contribution in [0, 0.1) is 5.92 Å². The maximum Gasteiger partial charge on any atom is 0.280 e. The third kappa shape index (κ3) is 3.02. The maximum absolute atomic E-state index is 12.3. The first kappa shape index (κ1) is 19.6. The van der Waals surface area contributed by atoms with Gasteiger partial charge in [-0.1, -0.05) is 50.1 Å². The molecular formula is C20H25N5O4. The number of ether oxygens (including phenoxy) is 1. The first-order chi connectivity index (χ1) is 14.0. The van der Waals surface area contributed by atoms with E-state index in [1.807, 2.05) is 30.3 Å². The van der Waals surface area contributed by atoms with Gasteiger partial charge in [-0.05, 0) is 6.42 Å². The minimum absolute atomic E-state index is 0.0326. The molecule has 4 rings (SSSR count). The second-order valence-electron chi connectivity index (χ2n) is 7.38. The topological polar surface area (TPSA) is 139 Å². The number of rotatable bonds is 6. The largest absolute Gasteiger partial charge is 0.394 e. The first-order valence-electron chi connectivity index (χ1n) is 9.78. The van der Waals surface area contributed by atoms with E-state index < -0.39 is 23.5 Å². The molecule has 1 aliphatic rings. The number of anilines is 1. The molecule has 0 radical (unpaired) electrons. The van der Waals surface area contributed by atoms with E-state index >= 15 is 0 Å². The summed E-state index contributed by atoms with van der Waals surface area (Å²) in [5.41, 5.74) is 5.33. The molecule has 1 saturated heterocycles. The summed E-state index contributed by atoms with van der Waals surface area (Å²) in [5, 5.41) is 20.9. The minimum atomic E-state index is -1.19. The number of hydrogen-bond acceptors (Lipinski definition) is 7. The number of aromatic amines is 1. The fraction of sp³-hybridized carbons (Fsp3) is 0.450. The number of fused-ring (bicyclic) bond motifs is 1. The van der Waals surface area contributed by atoms with Gasteiger partial charge >= 0.3 is 0 Å². The number of aliphatic hydroxyl groups excluding tert-OH is 2. The van der Waals surface area contributed by atoms with Crippen LogP contribution >= 0.6 is 0 Å². The van der Waals surface area contributed by atoms with Gasteiger partial charge in [-0.3, -0.25) is 14.3 Å². The molecule has 2 aromatic heterocycles. The van der Waals surface area contributed by atoms with Gasteiger partial charge < -0.3 is 20.7 Å². The highest BCUT2D eigenvalue weighted by Gasteiger charge is 2.56. The lowest BCUT2D eigenvalue weighted by Crippen LogP contribution is -2.42. The van der Waals surface area contributed by atoms with E-state index in [4.69, 9.17) is 10.5 Å². The van der Waals surface area contributed by atoms with E-state index in [0.717, 1.165) is 18.4 Å². The number of aromatic nitrogens is 4. The molecule has 1 aliphatic heterocycles. The maximum atomic E-state index is 12.3. The Morgan fingerprint density at radius 3 is 2.79 bits per heavy atom. The molecule has 4 atom stereocenters. The van der Waals surface area contributed by atoms with E-state index in [-0.39, 0.29) is 29.6 Å². The second kappa shape index (κ2) is 7.58. The molecule has 0 spiro atoms. The van der Waals surface area contributed by atoms with E-state index in [9.17, 15) is 15.0 Å².